The zero-order chi connectivity index (χ0) is 14.8. The highest BCUT2D eigenvalue weighted by atomic mass is 19.1. The van der Waals surface area contributed by atoms with Crippen LogP contribution in [-0.4, -0.2) is 16.1 Å². The number of rotatable bonds is 3. The van der Waals surface area contributed by atoms with E-state index in [1.165, 1.54) is 12.1 Å². The maximum Gasteiger partial charge on any atom is 0.272 e. The normalized spacial score (nSPS) is 15.3. The SMILES string of the molecule is CC(NC(=O)c1n[nH]c2c1CCCC2)c1ccc(F)cc1. The minimum absolute atomic E-state index is 0.175. The Bertz CT molecular complexity index is 648. The Labute approximate surface area is 122 Å². The maximum absolute atomic E-state index is 12.9. The maximum atomic E-state index is 12.9. The van der Waals surface area contributed by atoms with Gasteiger partial charge >= 0.3 is 0 Å². The molecule has 5 heteroatoms. The number of nitrogens with zero attached hydrogens (tertiary/aromatic N) is 1. The second kappa shape index (κ2) is 5.68. The van der Waals surface area contributed by atoms with Crippen molar-refractivity contribution in [1.29, 1.82) is 0 Å². The fraction of sp³-hybridized carbons (Fsp3) is 0.375. The van der Waals surface area contributed by atoms with Crippen molar-refractivity contribution in [3.8, 4) is 0 Å². The number of benzene rings is 1. The summed E-state index contributed by atoms with van der Waals surface area (Å²) < 4.78 is 12.9. The van der Waals surface area contributed by atoms with Gasteiger partial charge in [-0.05, 0) is 50.3 Å². The zero-order valence-electron chi connectivity index (χ0n) is 11.9. The molecule has 2 aromatic rings. The van der Waals surface area contributed by atoms with Gasteiger partial charge in [0.05, 0.1) is 6.04 Å². The van der Waals surface area contributed by atoms with Crippen LogP contribution in [0.2, 0.25) is 0 Å². The third kappa shape index (κ3) is 2.82. The van der Waals surface area contributed by atoms with Gasteiger partial charge in [-0.25, -0.2) is 4.39 Å². The highest BCUT2D eigenvalue weighted by Gasteiger charge is 2.22. The summed E-state index contributed by atoms with van der Waals surface area (Å²) in [7, 11) is 0. The first-order valence-corrected chi connectivity index (χ1v) is 7.27. The number of halogens is 1. The lowest BCUT2D eigenvalue weighted by Gasteiger charge is -2.15. The molecule has 1 aliphatic carbocycles. The predicted molar refractivity (Wildman–Crippen MR) is 77.5 cm³/mol. The van der Waals surface area contributed by atoms with Gasteiger partial charge in [-0.1, -0.05) is 12.1 Å². The third-order valence-corrected chi connectivity index (χ3v) is 3.99. The van der Waals surface area contributed by atoms with Gasteiger partial charge in [-0.2, -0.15) is 5.10 Å². The molecule has 0 radical (unpaired) electrons. The molecule has 1 heterocycles. The lowest BCUT2D eigenvalue weighted by Crippen LogP contribution is -2.28. The van der Waals surface area contributed by atoms with Crippen LogP contribution in [0.5, 0.6) is 0 Å². The van der Waals surface area contributed by atoms with Crippen LogP contribution in [0.25, 0.3) is 0 Å². The van der Waals surface area contributed by atoms with Crippen LogP contribution in [0.4, 0.5) is 4.39 Å². The lowest BCUT2D eigenvalue weighted by atomic mass is 9.95. The molecule has 1 unspecified atom stereocenters. The number of hydrogen-bond acceptors (Lipinski definition) is 2. The number of aromatic amines is 1. The van der Waals surface area contributed by atoms with E-state index in [1.54, 1.807) is 12.1 Å². The molecule has 0 saturated carbocycles. The van der Waals surface area contributed by atoms with Crippen molar-refractivity contribution >= 4 is 5.91 Å². The summed E-state index contributed by atoms with van der Waals surface area (Å²) in [5, 5.41) is 10.1. The quantitative estimate of drug-likeness (QED) is 0.912. The molecule has 0 fully saturated rings. The van der Waals surface area contributed by atoms with Crippen LogP contribution in [0, 0.1) is 5.82 Å². The second-order valence-electron chi connectivity index (χ2n) is 5.48. The number of fused-ring (bicyclic) bond motifs is 1. The van der Waals surface area contributed by atoms with E-state index in [-0.39, 0.29) is 17.8 Å². The molecule has 4 nitrogen and oxygen atoms in total. The van der Waals surface area contributed by atoms with Gasteiger partial charge in [0.15, 0.2) is 5.69 Å². The number of aryl methyl sites for hydroxylation is 1. The monoisotopic (exact) mass is 287 g/mol. The summed E-state index contributed by atoms with van der Waals surface area (Å²) in [5.74, 6) is -0.454. The van der Waals surface area contributed by atoms with Crippen molar-refractivity contribution in [1.82, 2.24) is 15.5 Å². The molecule has 3 rings (SSSR count). The first-order valence-electron chi connectivity index (χ1n) is 7.27. The molecule has 0 aliphatic heterocycles. The van der Waals surface area contributed by atoms with Crippen LogP contribution in [0.3, 0.4) is 0 Å². The van der Waals surface area contributed by atoms with E-state index >= 15 is 0 Å². The van der Waals surface area contributed by atoms with Crippen molar-refractivity contribution in [2.24, 2.45) is 0 Å². The zero-order valence-corrected chi connectivity index (χ0v) is 11.9. The van der Waals surface area contributed by atoms with Crippen molar-refractivity contribution in [3.05, 3.63) is 52.6 Å². The number of amides is 1. The number of carbonyl (C=O) groups is 1. The Morgan fingerprint density at radius 2 is 2.00 bits per heavy atom. The number of nitrogens with one attached hydrogen (secondary N) is 2. The molecule has 21 heavy (non-hydrogen) atoms. The molecular weight excluding hydrogens is 269 g/mol. The van der Waals surface area contributed by atoms with E-state index < -0.39 is 0 Å². The van der Waals surface area contributed by atoms with Gasteiger partial charge in [0.25, 0.3) is 5.91 Å². The van der Waals surface area contributed by atoms with Crippen molar-refractivity contribution in [3.63, 3.8) is 0 Å². The molecule has 1 atom stereocenters. The fourth-order valence-corrected chi connectivity index (χ4v) is 2.77. The number of hydrogen-bond donors (Lipinski definition) is 2. The van der Waals surface area contributed by atoms with Crippen LogP contribution in [0.1, 0.15) is 53.1 Å². The molecule has 0 saturated heterocycles. The first-order chi connectivity index (χ1) is 10.1. The molecule has 0 bridgehead atoms. The summed E-state index contributed by atoms with van der Waals surface area (Å²) in [6.45, 7) is 1.88. The predicted octanol–water partition coefficient (Wildman–Crippen LogP) is 2.92. The topological polar surface area (TPSA) is 57.8 Å². The van der Waals surface area contributed by atoms with Crippen molar-refractivity contribution in [2.45, 2.75) is 38.6 Å². The van der Waals surface area contributed by atoms with Crippen LogP contribution in [-0.2, 0) is 12.8 Å². The van der Waals surface area contributed by atoms with Crippen LogP contribution >= 0.6 is 0 Å². The standard InChI is InChI=1S/C16H18FN3O/c1-10(11-6-8-12(17)9-7-11)18-16(21)15-13-4-2-3-5-14(13)19-20-15/h6-10H,2-5H2,1H3,(H,18,21)(H,19,20). The van der Waals surface area contributed by atoms with Crippen molar-refractivity contribution in [2.75, 3.05) is 0 Å². The number of aromatic nitrogens is 2. The minimum atomic E-state index is -0.279. The van der Waals surface area contributed by atoms with E-state index in [1.807, 2.05) is 6.92 Å². The Kier molecular flexibility index (Phi) is 3.73. The van der Waals surface area contributed by atoms with Crippen molar-refractivity contribution < 1.29 is 9.18 Å². The summed E-state index contributed by atoms with van der Waals surface area (Å²) in [5.41, 5.74) is 3.50. The van der Waals surface area contributed by atoms with Gasteiger partial charge < -0.3 is 5.32 Å². The van der Waals surface area contributed by atoms with Gasteiger partial charge in [0.1, 0.15) is 5.82 Å². The highest BCUT2D eigenvalue weighted by Crippen LogP contribution is 2.22. The molecule has 110 valence electrons. The third-order valence-electron chi connectivity index (χ3n) is 3.99. The average Bonchev–Trinajstić information content (AvgIpc) is 2.92. The summed E-state index contributed by atoms with van der Waals surface area (Å²) >= 11 is 0. The summed E-state index contributed by atoms with van der Waals surface area (Å²) in [4.78, 5) is 12.4. The molecule has 1 amide bonds. The smallest absolute Gasteiger partial charge is 0.272 e. The molecule has 1 aromatic heterocycles. The largest absolute Gasteiger partial charge is 0.344 e. The van der Waals surface area contributed by atoms with E-state index in [2.05, 4.69) is 15.5 Å². The number of carbonyl (C=O) groups excluding carboxylic acids is 1. The van der Waals surface area contributed by atoms with Gasteiger partial charge in [-0.3, -0.25) is 9.89 Å². The van der Waals surface area contributed by atoms with Gasteiger partial charge in [-0.15, -0.1) is 0 Å². The summed E-state index contributed by atoms with van der Waals surface area (Å²) in [6.07, 6.45) is 4.10. The molecular formula is C16H18FN3O. The van der Waals surface area contributed by atoms with Crippen LogP contribution in [0.15, 0.2) is 24.3 Å². The fourth-order valence-electron chi connectivity index (χ4n) is 2.77. The Hall–Kier alpha value is -2.17. The molecule has 0 spiro atoms. The first kappa shape index (κ1) is 13.8. The van der Waals surface area contributed by atoms with E-state index in [0.29, 0.717) is 5.69 Å². The lowest BCUT2D eigenvalue weighted by molar-refractivity contribution is 0.0933. The Balaban J connectivity index is 1.74. The molecule has 1 aliphatic rings. The van der Waals surface area contributed by atoms with Gasteiger partial charge in [0, 0.05) is 11.3 Å². The van der Waals surface area contributed by atoms with Crippen LogP contribution < -0.4 is 5.32 Å². The number of H-pyrrole nitrogens is 1. The highest BCUT2D eigenvalue weighted by molar-refractivity contribution is 5.94. The van der Waals surface area contributed by atoms with Gasteiger partial charge in [0.2, 0.25) is 0 Å². The average molecular weight is 287 g/mol. The Morgan fingerprint density at radius 3 is 2.76 bits per heavy atom. The second-order valence-corrected chi connectivity index (χ2v) is 5.48. The van der Waals surface area contributed by atoms with E-state index in [0.717, 1.165) is 42.5 Å². The van der Waals surface area contributed by atoms with E-state index in [4.69, 9.17) is 0 Å². The van der Waals surface area contributed by atoms with E-state index in [9.17, 15) is 9.18 Å². The molecule has 1 aromatic carbocycles. The molecule has 2 N–H and O–H groups in total. The Morgan fingerprint density at radius 1 is 1.29 bits per heavy atom. The minimum Gasteiger partial charge on any atom is -0.344 e. The summed E-state index contributed by atoms with van der Waals surface area (Å²) in [6, 6.07) is 5.97.